The lowest BCUT2D eigenvalue weighted by Crippen LogP contribution is -2.26. The fourth-order valence-electron chi connectivity index (χ4n) is 1.55. The molecular formula is C13H21ClN2O3S. The highest BCUT2D eigenvalue weighted by molar-refractivity contribution is 7.91. The van der Waals surface area contributed by atoms with Crippen molar-refractivity contribution in [1.29, 1.82) is 0 Å². The second-order valence-corrected chi connectivity index (χ2v) is 6.42. The molecule has 1 rings (SSSR count). The van der Waals surface area contributed by atoms with Crippen LogP contribution in [0.25, 0.3) is 0 Å². The highest BCUT2D eigenvalue weighted by Gasteiger charge is 2.12. The molecule has 0 aliphatic rings. The van der Waals surface area contributed by atoms with Crippen molar-refractivity contribution >= 4 is 28.2 Å². The van der Waals surface area contributed by atoms with Crippen LogP contribution in [0.3, 0.4) is 0 Å². The lowest BCUT2D eigenvalue weighted by atomic mass is 10.2. The van der Waals surface area contributed by atoms with E-state index in [1.807, 2.05) is 7.05 Å². The van der Waals surface area contributed by atoms with Crippen LogP contribution in [-0.2, 0) is 9.84 Å². The molecule has 0 radical (unpaired) electrons. The lowest BCUT2D eigenvalue weighted by Gasteiger charge is -2.06. The van der Waals surface area contributed by atoms with Crippen LogP contribution in [-0.4, -0.2) is 40.2 Å². The van der Waals surface area contributed by atoms with Crippen molar-refractivity contribution in [3.05, 3.63) is 29.8 Å². The standard InChI is InChI=1S/C13H20N2O3S.ClH/c1-3-19(17,18)12-7-5-11(6-8-12)13(16)15-10-4-9-14-2;/h5-8,14H,3-4,9-10H2,1-2H3,(H,15,16);1H. The van der Waals surface area contributed by atoms with Gasteiger partial charge in [0.25, 0.3) is 5.91 Å². The highest BCUT2D eigenvalue weighted by atomic mass is 35.5. The Labute approximate surface area is 126 Å². The number of hydrogen-bond donors (Lipinski definition) is 2. The van der Waals surface area contributed by atoms with Crippen LogP contribution < -0.4 is 10.6 Å². The summed E-state index contributed by atoms with van der Waals surface area (Å²) in [6, 6.07) is 6.02. The summed E-state index contributed by atoms with van der Waals surface area (Å²) in [7, 11) is -1.35. The molecule has 0 saturated carbocycles. The SMILES string of the molecule is CCS(=O)(=O)c1ccc(C(=O)NCCCNC)cc1.Cl. The maximum atomic E-state index is 11.8. The van der Waals surface area contributed by atoms with Crippen LogP contribution in [0, 0.1) is 0 Å². The maximum Gasteiger partial charge on any atom is 0.251 e. The zero-order valence-corrected chi connectivity index (χ0v) is 13.3. The fourth-order valence-corrected chi connectivity index (χ4v) is 2.43. The molecule has 0 aliphatic carbocycles. The van der Waals surface area contributed by atoms with Gasteiger partial charge in [-0.2, -0.15) is 0 Å². The zero-order chi connectivity index (χ0) is 14.3. The van der Waals surface area contributed by atoms with Gasteiger partial charge >= 0.3 is 0 Å². The van der Waals surface area contributed by atoms with Crippen LogP contribution in [0.5, 0.6) is 0 Å². The van der Waals surface area contributed by atoms with Crippen molar-refractivity contribution in [2.75, 3.05) is 25.9 Å². The first-order valence-corrected chi connectivity index (χ1v) is 7.92. The minimum Gasteiger partial charge on any atom is -0.352 e. The molecule has 114 valence electrons. The molecule has 1 aromatic carbocycles. The minimum atomic E-state index is -3.20. The Morgan fingerprint density at radius 2 is 1.75 bits per heavy atom. The van der Waals surface area contributed by atoms with Gasteiger partial charge in [0.1, 0.15) is 0 Å². The van der Waals surface area contributed by atoms with Crippen LogP contribution in [0.1, 0.15) is 23.7 Å². The van der Waals surface area contributed by atoms with Crippen molar-refractivity contribution in [1.82, 2.24) is 10.6 Å². The molecule has 0 unspecified atom stereocenters. The largest absolute Gasteiger partial charge is 0.352 e. The third kappa shape index (κ3) is 5.48. The van der Waals surface area contributed by atoms with Gasteiger partial charge in [0.2, 0.25) is 0 Å². The molecule has 5 nitrogen and oxygen atoms in total. The monoisotopic (exact) mass is 320 g/mol. The molecule has 1 amide bonds. The molecule has 0 fully saturated rings. The molecule has 0 spiro atoms. The van der Waals surface area contributed by atoms with Gasteiger partial charge in [0.15, 0.2) is 9.84 Å². The molecule has 7 heteroatoms. The first kappa shape index (κ1) is 18.9. The van der Waals surface area contributed by atoms with Crippen LogP contribution in [0.15, 0.2) is 29.2 Å². The summed E-state index contributed by atoms with van der Waals surface area (Å²) < 4.78 is 23.2. The topological polar surface area (TPSA) is 75.3 Å². The van der Waals surface area contributed by atoms with E-state index in [0.29, 0.717) is 12.1 Å². The predicted molar refractivity (Wildman–Crippen MR) is 82.3 cm³/mol. The Balaban J connectivity index is 0.00000361. The highest BCUT2D eigenvalue weighted by Crippen LogP contribution is 2.12. The summed E-state index contributed by atoms with van der Waals surface area (Å²) in [5.41, 5.74) is 0.472. The summed E-state index contributed by atoms with van der Waals surface area (Å²) in [6.45, 7) is 3.03. The number of carbonyl (C=O) groups excluding carboxylic acids is 1. The fraction of sp³-hybridized carbons (Fsp3) is 0.462. The minimum absolute atomic E-state index is 0. The summed E-state index contributed by atoms with van der Waals surface area (Å²) in [4.78, 5) is 12.0. The van der Waals surface area contributed by atoms with Crippen LogP contribution >= 0.6 is 12.4 Å². The van der Waals surface area contributed by atoms with E-state index in [1.54, 1.807) is 6.92 Å². The van der Waals surface area contributed by atoms with E-state index in [-0.39, 0.29) is 29.0 Å². The first-order valence-electron chi connectivity index (χ1n) is 6.27. The Hall–Kier alpha value is -1.11. The number of benzene rings is 1. The summed E-state index contributed by atoms with van der Waals surface area (Å²) in [6.07, 6.45) is 0.852. The van der Waals surface area contributed by atoms with Crippen molar-refractivity contribution in [3.8, 4) is 0 Å². The third-order valence-corrected chi connectivity index (χ3v) is 4.50. The molecular weight excluding hydrogens is 300 g/mol. The van der Waals surface area contributed by atoms with Crippen molar-refractivity contribution in [2.45, 2.75) is 18.2 Å². The number of rotatable bonds is 7. The van der Waals surface area contributed by atoms with E-state index in [2.05, 4.69) is 10.6 Å². The lowest BCUT2D eigenvalue weighted by molar-refractivity contribution is 0.0953. The number of hydrogen-bond acceptors (Lipinski definition) is 4. The van der Waals surface area contributed by atoms with Crippen LogP contribution in [0.4, 0.5) is 0 Å². The smallest absolute Gasteiger partial charge is 0.251 e. The Morgan fingerprint density at radius 3 is 2.25 bits per heavy atom. The van der Waals surface area contributed by atoms with E-state index in [0.717, 1.165) is 13.0 Å². The molecule has 1 aromatic rings. The molecule has 0 heterocycles. The quantitative estimate of drug-likeness (QED) is 0.741. The molecule has 0 aromatic heterocycles. The first-order chi connectivity index (χ1) is 9.01. The number of sulfone groups is 1. The van der Waals surface area contributed by atoms with E-state index in [4.69, 9.17) is 0 Å². The van der Waals surface area contributed by atoms with Gasteiger partial charge in [0.05, 0.1) is 10.6 Å². The van der Waals surface area contributed by atoms with E-state index in [9.17, 15) is 13.2 Å². The van der Waals surface area contributed by atoms with Crippen molar-refractivity contribution in [3.63, 3.8) is 0 Å². The van der Waals surface area contributed by atoms with Gasteiger partial charge in [-0.15, -0.1) is 12.4 Å². The number of nitrogens with one attached hydrogen (secondary N) is 2. The van der Waals surface area contributed by atoms with E-state index >= 15 is 0 Å². The second-order valence-electron chi connectivity index (χ2n) is 4.14. The van der Waals surface area contributed by atoms with Crippen molar-refractivity contribution < 1.29 is 13.2 Å². The van der Waals surface area contributed by atoms with Gasteiger partial charge in [-0.1, -0.05) is 6.92 Å². The molecule has 0 atom stereocenters. The average molecular weight is 321 g/mol. The van der Waals surface area contributed by atoms with Crippen LogP contribution in [0.2, 0.25) is 0 Å². The van der Waals surface area contributed by atoms with Gasteiger partial charge in [0, 0.05) is 12.1 Å². The Morgan fingerprint density at radius 1 is 1.15 bits per heavy atom. The van der Waals surface area contributed by atoms with Crippen molar-refractivity contribution in [2.24, 2.45) is 0 Å². The number of carbonyl (C=O) groups is 1. The second kappa shape index (κ2) is 8.94. The Kier molecular flexibility index (Phi) is 8.45. The van der Waals surface area contributed by atoms with Gasteiger partial charge < -0.3 is 10.6 Å². The average Bonchev–Trinajstić information content (AvgIpc) is 2.43. The Bertz CT molecular complexity index is 515. The molecule has 20 heavy (non-hydrogen) atoms. The molecule has 2 N–H and O–H groups in total. The van der Waals surface area contributed by atoms with Gasteiger partial charge in [-0.05, 0) is 44.3 Å². The normalized spacial score (nSPS) is 10.7. The summed E-state index contributed by atoms with van der Waals surface area (Å²) in [5.74, 6) is -0.126. The molecule has 0 saturated heterocycles. The summed E-state index contributed by atoms with van der Waals surface area (Å²) >= 11 is 0. The zero-order valence-electron chi connectivity index (χ0n) is 11.7. The van der Waals surface area contributed by atoms with E-state index < -0.39 is 9.84 Å². The summed E-state index contributed by atoms with van der Waals surface area (Å²) in [5, 5.41) is 5.77. The third-order valence-electron chi connectivity index (χ3n) is 2.74. The van der Waals surface area contributed by atoms with Gasteiger partial charge in [-0.25, -0.2) is 8.42 Å². The number of amides is 1. The van der Waals surface area contributed by atoms with Gasteiger partial charge in [-0.3, -0.25) is 4.79 Å². The van der Waals surface area contributed by atoms with E-state index in [1.165, 1.54) is 24.3 Å². The maximum absolute atomic E-state index is 11.8. The molecule has 0 aliphatic heterocycles. The predicted octanol–water partition coefficient (Wildman–Crippen LogP) is 1.24. The number of halogens is 1. The molecule has 0 bridgehead atoms.